The van der Waals surface area contributed by atoms with Crippen molar-refractivity contribution in [2.45, 2.75) is 26.3 Å². The molecule has 2 nitrogen and oxygen atoms in total. The van der Waals surface area contributed by atoms with Crippen LogP contribution in [0.5, 0.6) is 0 Å². The molecule has 21 heavy (non-hydrogen) atoms. The Hall–Kier alpha value is -1.32. The highest BCUT2D eigenvalue weighted by Gasteiger charge is 2.12. The highest BCUT2D eigenvalue weighted by molar-refractivity contribution is 9.10. The summed E-state index contributed by atoms with van der Waals surface area (Å²) in [5.74, 6) is 0. The Morgan fingerprint density at radius 2 is 1.90 bits per heavy atom. The van der Waals surface area contributed by atoms with Gasteiger partial charge in [0, 0.05) is 29.3 Å². The van der Waals surface area contributed by atoms with Gasteiger partial charge in [0.05, 0.1) is 0 Å². The van der Waals surface area contributed by atoms with Crippen LogP contribution in [-0.2, 0) is 0 Å². The van der Waals surface area contributed by atoms with Crippen LogP contribution in [-0.4, -0.2) is 13.1 Å². The highest BCUT2D eigenvalue weighted by atomic mass is 79.9. The second kappa shape index (κ2) is 7.62. The van der Waals surface area contributed by atoms with E-state index in [-0.39, 0.29) is 6.04 Å². The fraction of sp³-hybridized carbons (Fsp3) is 0.333. The summed E-state index contributed by atoms with van der Waals surface area (Å²) in [6, 6.07) is 16.9. The zero-order valence-electron chi connectivity index (χ0n) is 12.7. The van der Waals surface area contributed by atoms with Crippen LogP contribution in [0, 0.1) is 6.92 Å². The molecule has 0 amide bonds. The van der Waals surface area contributed by atoms with Gasteiger partial charge in [0.2, 0.25) is 0 Å². The van der Waals surface area contributed by atoms with Crippen molar-refractivity contribution in [2.24, 2.45) is 5.73 Å². The maximum Gasteiger partial charge on any atom is 0.0368 e. The molecule has 0 aromatic heterocycles. The third-order valence-electron chi connectivity index (χ3n) is 3.76. The van der Waals surface area contributed by atoms with Crippen LogP contribution in [0.15, 0.2) is 53.0 Å². The van der Waals surface area contributed by atoms with Gasteiger partial charge in [0.1, 0.15) is 0 Å². The number of rotatable bonds is 6. The zero-order valence-corrected chi connectivity index (χ0v) is 14.3. The van der Waals surface area contributed by atoms with Crippen molar-refractivity contribution in [3.63, 3.8) is 0 Å². The topological polar surface area (TPSA) is 29.3 Å². The van der Waals surface area contributed by atoms with Gasteiger partial charge >= 0.3 is 0 Å². The van der Waals surface area contributed by atoms with E-state index in [2.05, 4.69) is 65.0 Å². The molecular weight excluding hydrogens is 324 g/mol. The SMILES string of the molecule is CCN(CCC(N)c1ccccc1Br)c1cccc(C)c1. The first-order valence-corrected chi connectivity index (χ1v) is 8.22. The molecule has 0 saturated heterocycles. The summed E-state index contributed by atoms with van der Waals surface area (Å²) in [5, 5.41) is 0. The smallest absolute Gasteiger partial charge is 0.0368 e. The van der Waals surface area contributed by atoms with Gasteiger partial charge in [0.25, 0.3) is 0 Å². The fourth-order valence-corrected chi connectivity index (χ4v) is 3.10. The van der Waals surface area contributed by atoms with E-state index < -0.39 is 0 Å². The van der Waals surface area contributed by atoms with Crippen LogP contribution in [0.3, 0.4) is 0 Å². The van der Waals surface area contributed by atoms with Gasteiger partial charge < -0.3 is 10.6 Å². The molecule has 3 heteroatoms. The van der Waals surface area contributed by atoms with E-state index in [1.165, 1.54) is 16.8 Å². The molecule has 0 saturated carbocycles. The molecule has 1 atom stereocenters. The lowest BCUT2D eigenvalue weighted by atomic mass is 10.0. The molecule has 112 valence electrons. The normalized spacial score (nSPS) is 12.2. The lowest BCUT2D eigenvalue weighted by molar-refractivity contribution is 0.630. The molecular formula is C18H23BrN2. The van der Waals surface area contributed by atoms with Gasteiger partial charge in [0.15, 0.2) is 0 Å². The molecule has 0 spiro atoms. The monoisotopic (exact) mass is 346 g/mol. The molecule has 2 aromatic rings. The summed E-state index contributed by atoms with van der Waals surface area (Å²) >= 11 is 3.58. The average Bonchev–Trinajstić information content (AvgIpc) is 2.48. The van der Waals surface area contributed by atoms with E-state index in [4.69, 9.17) is 5.73 Å². The highest BCUT2D eigenvalue weighted by Crippen LogP contribution is 2.25. The second-order valence-corrected chi connectivity index (χ2v) is 6.19. The van der Waals surface area contributed by atoms with E-state index in [9.17, 15) is 0 Å². The summed E-state index contributed by atoms with van der Waals surface area (Å²) in [5.41, 5.74) is 10.1. The van der Waals surface area contributed by atoms with Crippen molar-refractivity contribution in [1.29, 1.82) is 0 Å². The quantitative estimate of drug-likeness (QED) is 0.823. The molecule has 2 aromatic carbocycles. The molecule has 0 aliphatic heterocycles. The van der Waals surface area contributed by atoms with Crippen LogP contribution in [0.1, 0.15) is 30.5 Å². The standard InChI is InChI=1S/C18H23BrN2/c1-3-21(15-8-6-7-14(2)13-15)12-11-18(20)16-9-4-5-10-17(16)19/h4-10,13,18H,3,11-12,20H2,1-2H3. The molecule has 0 aliphatic carbocycles. The van der Waals surface area contributed by atoms with E-state index in [1.807, 2.05) is 18.2 Å². The third-order valence-corrected chi connectivity index (χ3v) is 4.49. The van der Waals surface area contributed by atoms with Crippen molar-refractivity contribution in [3.8, 4) is 0 Å². The van der Waals surface area contributed by atoms with Gasteiger partial charge in [-0.15, -0.1) is 0 Å². The van der Waals surface area contributed by atoms with E-state index in [1.54, 1.807) is 0 Å². The summed E-state index contributed by atoms with van der Waals surface area (Å²) in [4.78, 5) is 2.38. The second-order valence-electron chi connectivity index (χ2n) is 5.34. The number of aryl methyl sites for hydroxylation is 1. The summed E-state index contributed by atoms with van der Waals surface area (Å²) < 4.78 is 1.09. The Labute approximate surface area is 136 Å². The van der Waals surface area contributed by atoms with Crippen molar-refractivity contribution in [1.82, 2.24) is 0 Å². The van der Waals surface area contributed by atoms with Gasteiger partial charge in [-0.3, -0.25) is 0 Å². The Morgan fingerprint density at radius 3 is 2.57 bits per heavy atom. The van der Waals surface area contributed by atoms with Crippen LogP contribution in [0.25, 0.3) is 0 Å². The lowest BCUT2D eigenvalue weighted by Gasteiger charge is -2.25. The number of nitrogens with two attached hydrogens (primary N) is 1. The Bertz CT molecular complexity index is 583. The van der Waals surface area contributed by atoms with Crippen LogP contribution >= 0.6 is 15.9 Å². The zero-order chi connectivity index (χ0) is 15.2. The number of hydrogen-bond acceptors (Lipinski definition) is 2. The molecule has 0 bridgehead atoms. The maximum absolute atomic E-state index is 6.35. The first-order valence-electron chi connectivity index (χ1n) is 7.43. The maximum atomic E-state index is 6.35. The van der Waals surface area contributed by atoms with Gasteiger partial charge in [-0.2, -0.15) is 0 Å². The Morgan fingerprint density at radius 1 is 1.14 bits per heavy atom. The third kappa shape index (κ3) is 4.32. The summed E-state index contributed by atoms with van der Waals surface area (Å²) in [7, 11) is 0. The van der Waals surface area contributed by atoms with E-state index in [0.717, 1.165) is 24.0 Å². The first kappa shape index (κ1) is 16.1. The number of benzene rings is 2. The van der Waals surface area contributed by atoms with Gasteiger partial charge in [-0.05, 0) is 49.6 Å². The number of anilines is 1. The molecule has 2 rings (SSSR count). The number of nitrogens with zero attached hydrogens (tertiary/aromatic N) is 1. The largest absolute Gasteiger partial charge is 0.372 e. The summed E-state index contributed by atoms with van der Waals surface area (Å²) in [6.07, 6.45) is 0.935. The van der Waals surface area contributed by atoms with Crippen molar-refractivity contribution in [2.75, 3.05) is 18.0 Å². The van der Waals surface area contributed by atoms with Crippen molar-refractivity contribution >= 4 is 21.6 Å². The molecule has 0 fully saturated rings. The lowest BCUT2D eigenvalue weighted by Crippen LogP contribution is -2.27. The van der Waals surface area contributed by atoms with E-state index in [0.29, 0.717) is 0 Å². The minimum atomic E-state index is 0.0550. The van der Waals surface area contributed by atoms with Crippen LogP contribution in [0.4, 0.5) is 5.69 Å². The minimum Gasteiger partial charge on any atom is -0.372 e. The molecule has 2 N–H and O–H groups in total. The van der Waals surface area contributed by atoms with Crippen molar-refractivity contribution in [3.05, 3.63) is 64.1 Å². The minimum absolute atomic E-state index is 0.0550. The first-order chi connectivity index (χ1) is 10.1. The van der Waals surface area contributed by atoms with E-state index >= 15 is 0 Å². The van der Waals surface area contributed by atoms with Gasteiger partial charge in [-0.25, -0.2) is 0 Å². The molecule has 0 heterocycles. The molecule has 0 aliphatic rings. The summed E-state index contributed by atoms with van der Waals surface area (Å²) in [6.45, 7) is 6.27. The predicted octanol–water partition coefficient (Wildman–Crippen LogP) is 4.67. The van der Waals surface area contributed by atoms with Crippen molar-refractivity contribution < 1.29 is 0 Å². The molecule has 0 radical (unpaired) electrons. The predicted molar refractivity (Wildman–Crippen MR) is 94.8 cm³/mol. The van der Waals surface area contributed by atoms with Crippen LogP contribution in [0.2, 0.25) is 0 Å². The van der Waals surface area contributed by atoms with Crippen LogP contribution < -0.4 is 10.6 Å². The number of hydrogen-bond donors (Lipinski definition) is 1. The molecule has 1 unspecified atom stereocenters. The fourth-order valence-electron chi connectivity index (χ4n) is 2.52. The Balaban J connectivity index is 2.02. The average molecular weight is 347 g/mol. The Kier molecular flexibility index (Phi) is 5.83. The van der Waals surface area contributed by atoms with Gasteiger partial charge in [-0.1, -0.05) is 46.3 Å². The number of halogens is 1.